The number of carbonyl (C=O) groups is 2. The first-order valence-electron chi connectivity index (χ1n) is 13.3. The van der Waals surface area contributed by atoms with E-state index in [0.29, 0.717) is 45.6 Å². The lowest BCUT2D eigenvalue weighted by molar-refractivity contribution is -0.308. The highest BCUT2D eigenvalue weighted by molar-refractivity contribution is 5.69. The second kappa shape index (κ2) is 11.6. The number of anilines is 1. The number of carboxylic acid groups (broad SMARTS) is 1. The van der Waals surface area contributed by atoms with Gasteiger partial charge in [0, 0.05) is 57.0 Å². The summed E-state index contributed by atoms with van der Waals surface area (Å²) >= 11 is 0. The fraction of sp³-hybridized carbons (Fsp3) is 0.692. The fourth-order valence-corrected chi connectivity index (χ4v) is 6.05. The van der Waals surface area contributed by atoms with E-state index in [4.69, 9.17) is 5.11 Å². The van der Waals surface area contributed by atoms with Gasteiger partial charge in [-0.3, -0.25) is 14.6 Å². The number of carboxylic acids is 1. The standard InChI is InChI=1S/C26H34F6N4O4/c1-18-3-4-19(20(15-18)34-13-11-33(12-14-34)17-21(37)38)16-36-8-2-5-24(36)6-9-35(10-7-24)23(39)40-22(25(27,28)29)26(30,31)32/h3-4,15,22H,2,5-14,16-17H2,1H3,(H,37,38). The van der Waals surface area contributed by atoms with Gasteiger partial charge in [0.15, 0.2) is 0 Å². The van der Waals surface area contributed by atoms with E-state index < -0.39 is 30.5 Å². The molecule has 1 spiro atoms. The molecule has 14 heteroatoms. The van der Waals surface area contributed by atoms with Gasteiger partial charge in [-0.15, -0.1) is 0 Å². The van der Waals surface area contributed by atoms with Crippen molar-refractivity contribution in [2.75, 3.05) is 57.3 Å². The SMILES string of the molecule is Cc1ccc(CN2CCCC23CCN(C(=O)OC(C(F)(F)F)C(F)(F)F)CC3)c(N2CCN(CC(=O)O)CC2)c1. The zero-order valence-corrected chi connectivity index (χ0v) is 22.2. The Bertz CT molecular complexity index is 1050. The van der Waals surface area contributed by atoms with Crippen LogP contribution in [0.4, 0.5) is 36.8 Å². The van der Waals surface area contributed by atoms with Crippen LogP contribution in [0.15, 0.2) is 18.2 Å². The van der Waals surface area contributed by atoms with Crippen LogP contribution in [0.2, 0.25) is 0 Å². The number of piperazine rings is 1. The molecule has 0 bridgehead atoms. The third-order valence-corrected chi connectivity index (χ3v) is 8.18. The van der Waals surface area contributed by atoms with Gasteiger partial charge in [0.05, 0.1) is 6.54 Å². The molecule has 0 saturated carbocycles. The van der Waals surface area contributed by atoms with Crippen molar-refractivity contribution in [3.8, 4) is 0 Å². The minimum absolute atomic E-state index is 0.00242. The number of benzene rings is 1. The molecule has 1 amide bonds. The largest absolute Gasteiger partial charge is 0.480 e. The van der Waals surface area contributed by atoms with Crippen molar-refractivity contribution >= 4 is 17.7 Å². The Morgan fingerprint density at radius 3 is 2.15 bits per heavy atom. The molecule has 1 aromatic rings. The molecule has 0 atom stereocenters. The zero-order chi connectivity index (χ0) is 29.3. The highest BCUT2D eigenvalue weighted by Crippen LogP contribution is 2.41. The maximum absolute atomic E-state index is 12.9. The van der Waals surface area contributed by atoms with E-state index in [-0.39, 0.29) is 25.2 Å². The number of alkyl halides is 6. The molecule has 1 N–H and O–H groups in total. The van der Waals surface area contributed by atoms with Gasteiger partial charge in [-0.05, 0) is 56.3 Å². The molecule has 0 aliphatic carbocycles. The lowest BCUT2D eigenvalue weighted by atomic mass is 9.84. The van der Waals surface area contributed by atoms with Crippen molar-refractivity contribution < 1.29 is 45.8 Å². The molecule has 3 aliphatic rings. The number of carbonyl (C=O) groups excluding carboxylic acids is 1. The van der Waals surface area contributed by atoms with Crippen LogP contribution >= 0.6 is 0 Å². The second-order valence-corrected chi connectivity index (χ2v) is 10.9. The van der Waals surface area contributed by atoms with Crippen LogP contribution in [0.3, 0.4) is 0 Å². The van der Waals surface area contributed by atoms with Gasteiger partial charge >= 0.3 is 24.4 Å². The number of nitrogens with zero attached hydrogens (tertiary/aromatic N) is 4. The lowest BCUT2D eigenvalue weighted by Gasteiger charge is -2.45. The Morgan fingerprint density at radius 2 is 1.57 bits per heavy atom. The van der Waals surface area contributed by atoms with E-state index in [0.717, 1.165) is 41.1 Å². The minimum atomic E-state index is -5.75. The number of rotatable bonds is 6. The fourth-order valence-electron chi connectivity index (χ4n) is 6.05. The van der Waals surface area contributed by atoms with E-state index in [9.17, 15) is 35.9 Å². The number of halogens is 6. The number of likely N-dealkylation sites (tertiary alicyclic amines) is 2. The van der Waals surface area contributed by atoms with Gasteiger partial charge in [0.25, 0.3) is 6.10 Å². The van der Waals surface area contributed by atoms with Crippen LogP contribution in [-0.4, -0.2) is 108 Å². The van der Waals surface area contributed by atoms with Crippen molar-refractivity contribution in [2.24, 2.45) is 0 Å². The maximum atomic E-state index is 12.9. The molecule has 1 aromatic carbocycles. The number of piperidine rings is 1. The highest BCUT2D eigenvalue weighted by Gasteiger charge is 2.60. The van der Waals surface area contributed by atoms with Crippen LogP contribution in [0.5, 0.6) is 0 Å². The summed E-state index contributed by atoms with van der Waals surface area (Å²) in [5.74, 6) is -0.858. The summed E-state index contributed by atoms with van der Waals surface area (Å²) in [6, 6.07) is 6.21. The number of hydrogen-bond acceptors (Lipinski definition) is 6. The summed E-state index contributed by atoms with van der Waals surface area (Å²) in [6.07, 6.45) is -14.7. The van der Waals surface area contributed by atoms with Gasteiger partial charge in [-0.2, -0.15) is 26.3 Å². The summed E-state index contributed by atoms with van der Waals surface area (Å²) in [5, 5.41) is 9.08. The van der Waals surface area contributed by atoms with Crippen LogP contribution in [0, 0.1) is 6.92 Å². The van der Waals surface area contributed by atoms with Gasteiger partial charge in [-0.1, -0.05) is 12.1 Å². The highest BCUT2D eigenvalue weighted by atomic mass is 19.4. The van der Waals surface area contributed by atoms with Gasteiger partial charge in [0.1, 0.15) is 0 Å². The van der Waals surface area contributed by atoms with E-state index in [1.807, 2.05) is 17.9 Å². The third-order valence-electron chi connectivity index (χ3n) is 8.18. The van der Waals surface area contributed by atoms with E-state index >= 15 is 0 Å². The first-order valence-corrected chi connectivity index (χ1v) is 13.3. The Hall–Kier alpha value is -2.74. The minimum Gasteiger partial charge on any atom is -0.480 e. The number of ether oxygens (including phenoxy) is 1. The van der Waals surface area contributed by atoms with Crippen molar-refractivity contribution in [3.05, 3.63) is 29.3 Å². The molecule has 0 unspecified atom stereocenters. The Morgan fingerprint density at radius 1 is 0.950 bits per heavy atom. The molecule has 40 heavy (non-hydrogen) atoms. The summed E-state index contributed by atoms with van der Waals surface area (Å²) < 4.78 is 81.0. The van der Waals surface area contributed by atoms with Crippen molar-refractivity contribution in [2.45, 2.75) is 63.1 Å². The molecule has 3 saturated heterocycles. The monoisotopic (exact) mass is 580 g/mol. The smallest absolute Gasteiger partial charge is 0.434 e. The molecule has 0 aromatic heterocycles. The summed E-state index contributed by atoms with van der Waals surface area (Å²) in [5.41, 5.74) is 2.94. The molecule has 3 fully saturated rings. The first-order chi connectivity index (χ1) is 18.7. The number of hydrogen-bond donors (Lipinski definition) is 1. The third kappa shape index (κ3) is 6.93. The Kier molecular flexibility index (Phi) is 8.79. The topological polar surface area (TPSA) is 76.6 Å². The molecule has 3 heterocycles. The van der Waals surface area contributed by atoms with Crippen LogP contribution in [0.25, 0.3) is 0 Å². The molecular weight excluding hydrogens is 546 g/mol. The van der Waals surface area contributed by atoms with E-state index in [2.05, 4.69) is 26.7 Å². The average Bonchev–Trinajstić information content (AvgIpc) is 3.23. The second-order valence-electron chi connectivity index (χ2n) is 10.9. The molecule has 4 rings (SSSR count). The number of aryl methyl sites for hydroxylation is 1. The molecular formula is C26H34F6N4O4. The lowest BCUT2D eigenvalue weighted by Crippen LogP contribution is -2.54. The van der Waals surface area contributed by atoms with Crippen molar-refractivity contribution in [1.82, 2.24) is 14.7 Å². The Labute approximate surface area is 228 Å². The Balaban J connectivity index is 1.41. The number of aliphatic carboxylic acids is 1. The summed E-state index contributed by atoms with van der Waals surface area (Å²) in [6.45, 7) is 6.03. The van der Waals surface area contributed by atoms with Crippen molar-refractivity contribution in [1.29, 1.82) is 0 Å². The molecule has 0 radical (unpaired) electrons. The van der Waals surface area contributed by atoms with Gasteiger partial charge in [-0.25, -0.2) is 4.79 Å². The summed E-state index contributed by atoms with van der Waals surface area (Å²) in [7, 11) is 0. The molecule has 3 aliphatic heterocycles. The van der Waals surface area contributed by atoms with Crippen molar-refractivity contribution in [3.63, 3.8) is 0 Å². The first kappa shape index (κ1) is 30.2. The number of amides is 1. The molecule has 8 nitrogen and oxygen atoms in total. The van der Waals surface area contributed by atoms with Crippen LogP contribution in [0.1, 0.15) is 36.8 Å². The maximum Gasteiger partial charge on any atom is 0.434 e. The predicted molar refractivity (Wildman–Crippen MR) is 133 cm³/mol. The zero-order valence-electron chi connectivity index (χ0n) is 22.2. The quantitative estimate of drug-likeness (QED) is 0.504. The normalized spacial score (nSPS) is 20.9. The van der Waals surface area contributed by atoms with Crippen LogP contribution in [-0.2, 0) is 16.1 Å². The van der Waals surface area contributed by atoms with Crippen LogP contribution < -0.4 is 4.90 Å². The predicted octanol–water partition coefficient (Wildman–Crippen LogP) is 4.26. The van der Waals surface area contributed by atoms with Gasteiger partial charge < -0.3 is 19.6 Å². The molecule has 224 valence electrons. The summed E-state index contributed by atoms with van der Waals surface area (Å²) in [4.78, 5) is 30.7. The van der Waals surface area contributed by atoms with Gasteiger partial charge in [0.2, 0.25) is 0 Å². The van der Waals surface area contributed by atoms with E-state index in [1.165, 1.54) is 0 Å². The van der Waals surface area contributed by atoms with E-state index in [1.54, 1.807) is 0 Å². The average molecular weight is 581 g/mol.